The number of benzene rings is 4. The number of hydrogen-bond acceptors (Lipinski definition) is 13. The number of hydrogen-bond donors (Lipinski definition) is 0. The van der Waals surface area contributed by atoms with Crippen LogP contribution in [0.3, 0.4) is 0 Å². The Bertz CT molecular complexity index is 2510. The number of furan rings is 2. The van der Waals surface area contributed by atoms with Gasteiger partial charge < -0.3 is 46.7 Å². The third-order valence-electron chi connectivity index (χ3n) is 10.4. The van der Waals surface area contributed by atoms with E-state index in [4.69, 9.17) is 46.7 Å². The van der Waals surface area contributed by atoms with Crippen LogP contribution in [-0.4, -0.2) is 46.5 Å². The van der Waals surface area contributed by atoms with Gasteiger partial charge in [0.2, 0.25) is 0 Å². The maximum atomic E-state index is 14.3. The average Bonchev–Trinajstić information content (AvgIpc) is 4.01. The smallest absolute Gasteiger partial charge is 0.493 e. The van der Waals surface area contributed by atoms with Crippen molar-refractivity contribution in [2.45, 2.75) is 65.6 Å². The summed E-state index contributed by atoms with van der Waals surface area (Å²) in [6, 6.07) is 10.4. The van der Waals surface area contributed by atoms with Crippen LogP contribution in [0, 0.1) is 0 Å². The lowest BCUT2D eigenvalue weighted by molar-refractivity contribution is 0.0526. The van der Waals surface area contributed by atoms with E-state index in [1.165, 1.54) is 28.4 Å². The van der Waals surface area contributed by atoms with E-state index >= 15 is 0 Å². The Morgan fingerprint density at radius 1 is 0.534 bits per heavy atom. The first-order valence-corrected chi connectivity index (χ1v) is 18.5. The molecule has 2 aliphatic heterocycles. The fraction of sp³-hybridized carbons (Fsp3) is 0.311. The summed E-state index contributed by atoms with van der Waals surface area (Å²) >= 11 is 0. The van der Waals surface area contributed by atoms with E-state index in [1.54, 1.807) is 48.9 Å². The molecule has 13 nitrogen and oxygen atoms in total. The van der Waals surface area contributed by atoms with Gasteiger partial charge in [0.25, 0.3) is 0 Å². The maximum Gasteiger partial charge on any atom is 0.519 e. The van der Waals surface area contributed by atoms with Gasteiger partial charge in [-0.25, -0.2) is 14.4 Å². The minimum absolute atomic E-state index is 0.0173. The third-order valence-corrected chi connectivity index (χ3v) is 10.4. The second kappa shape index (κ2) is 13.8. The van der Waals surface area contributed by atoms with Gasteiger partial charge in [-0.15, -0.1) is 0 Å². The number of esters is 2. The Balaban J connectivity index is 1.35. The van der Waals surface area contributed by atoms with Crippen LogP contribution >= 0.6 is 0 Å². The Kier molecular flexibility index (Phi) is 9.09. The molecular weight excluding hydrogens is 748 g/mol. The van der Waals surface area contributed by atoms with Crippen molar-refractivity contribution < 1.29 is 61.1 Å². The summed E-state index contributed by atoms with van der Waals surface area (Å²) < 4.78 is 58.3. The van der Waals surface area contributed by atoms with E-state index in [0.29, 0.717) is 89.4 Å². The van der Waals surface area contributed by atoms with Crippen molar-refractivity contribution in [2.75, 3.05) is 28.4 Å². The lowest BCUT2D eigenvalue weighted by Crippen LogP contribution is -2.17. The van der Waals surface area contributed by atoms with Gasteiger partial charge in [-0.3, -0.25) is 0 Å². The highest BCUT2D eigenvalue weighted by Gasteiger charge is 2.39. The largest absolute Gasteiger partial charge is 0.519 e. The summed E-state index contributed by atoms with van der Waals surface area (Å²) in [5.74, 6) is 1.54. The van der Waals surface area contributed by atoms with Crippen LogP contribution in [-0.2, 0) is 33.5 Å². The molecule has 0 unspecified atom stereocenters. The summed E-state index contributed by atoms with van der Waals surface area (Å²) in [5, 5.41) is 1.83. The van der Waals surface area contributed by atoms with Crippen molar-refractivity contribution in [2.24, 2.45) is 0 Å². The van der Waals surface area contributed by atoms with Crippen LogP contribution in [0.1, 0.15) is 84.9 Å². The highest BCUT2D eigenvalue weighted by molar-refractivity contribution is 6.16. The zero-order valence-corrected chi connectivity index (χ0v) is 33.8. The topological polar surface area (TPSA) is 151 Å². The van der Waals surface area contributed by atoms with Gasteiger partial charge in [0, 0.05) is 55.0 Å². The SMILES string of the molecule is COc1cc2c(OC(=O)Oc3c4c(c(-c5ccoc5C(C)(C)C)c5cc(OC)c(OC)cc35)C(=O)OC4)c3c(c(-c4ccoc4C(C)(C)C)c2cc1OC)C(=O)OC3. The third kappa shape index (κ3) is 5.95. The molecule has 0 bridgehead atoms. The molecule has 0 amide bonds. The molecule has 0 radical (unpaired) electrons. The van der Waals surface area contributed by atoms with Crippen molar-refractivity contribution in [3.8, 4) is 56.8 Å². The lowest BCUT2D eigenvalue weighted by atomic mass is 9.84. The standard InChI is InChI=1S/C45H42O13/c1-44(2,3)39-21(11-13-53-39)33-23-15-29(49-7)31(51-9)17-25(23)37(27-19-55-41(46)35(27)33)57-43(48)58-38-26-18-32(52-10)30(50-8)16-24(26)34(36-28(38)20-56-42(36)47)22-12-14-54-40(22)45(4,5)6/h11-18H,19-20H2,1-10H3. The fourth-order valence-corrected chi connectivity index (χ4v) is 7.97. The number of carbonyl (C=O) groups excluding carboxylic acids is 3. The molecule has 13 heteroatoms. The van der Waals surface area contributed by atoms with Gasteiger partial charge in [-0.1, -0.05) is 41.5 Å². The minimum Gasteiger partial charge on any atom is -0.493 e. The molecule has 0 saturated carbocycles. The van der Waals surface area contributed by atoms with Crippen LogP contribution in [0.4, 0.5) is 4.79 Å². The molecule has 0 spiro atoms. The Morgan fingerprint density at radius 3 is 1.21 bits per heavy atom. The molecule has 4 aromatic carbocycles. The summed E-state index contributed by atoms with van der Waals surface area (Å²) in [5.41, 5.74) is 2.54. The lowest BCUT2D eigenvalue weighted by Gasteiger charge is -2.22. The zero-order valence-electron chi connectivity index (χ0n) is 33.8. The molecule has 0 aliphatic carbocycles. The normalized spacial score (nSPS) is 13.6. The van der Waals surface area contributed by atoms with Crippen LogP contribution in [0.2, 0.25) is 0 Å². The molecule has 4 heterocycles. The first-order chi connectivity index (χ1) is 27.6. The molecular formula is C45H42O13. The number of methoxy groups -OCH3 is 4. The number of ether oxygens (including phenoxy) is 8. The van der Waals surface area contributed by atoms with E-state index in [2.05, 4.69) is 0 Å². The highest BCUT2D eigenvalue weighted by atomic mass is 16.7. The number of cyclic esters (lactones) is 2. The van der Waals surface area contributed by atoms with Gasteiger partial charge in [0.15, 0.2) is 23.0 Å². The predicted octanol–water partition coefficient (Wildman–Crippen LogP) is 10.1. The molecule has 6 aromatic rings. The Hall–Kier alpha value is -6.63. The maximum absolute atomic E-state index is 14.3. The van der Waals surface area contributed by atoms with E-state index in [9.17, 15) is 14.4 Å². The molecule has 2 aliphatic rings. The molecule has 2 aromatic heterocycles. The molecule has 8 rings (SSSR count). The van der Waals surface area contributed by atoms with E-state index in [0.717, 1.165) is 0 Å². The molecule has 0 N–H and O–H groups in total. The number of carbonyl (C=O) groups is 3. The molecule has 58 heavy (non-hydrogen) atoms. The minimum atomic E-state index is -1.16. The number of rotatable bonds is 8. The average molecular weight is 791 g/mol. The second-order valence-electron chi connectivity index (χ2n) is 16.1. The van der Waals surface area contributed by atoms with Gasteiger partial charge in [0.1, 0.15) is 36.2 Å². The van der Waals surface area contributed by atoms with Crippen LogP contribution in [0.15, 0.2) is 57.8 Å². The fourth-order valence-electron chi connectivity index (χ4n) is 7.97. The summed E-state index contributed by atoms with van der Waals surface area (Å²) in [4.78, 5) is 41.7. The van der Waals surface area contributed by atoms with E-state index < -0.39 is 28.9 Å². The van der Waals surface area contributed by atoms with Crippen molar-refractivity contribution >= 4 is 39.6 Å². The summed E-state index contributed by atoms with van der Waals surface area (Å²) in [7, 11) is 5.98. The quantitative estimate of drug-likeness (QED) is 0.106. The molecule has 0 saturated heterocycles. The molecule has 0 atom stereocenters. The zero-order chi connectivity index (χ0) is 41.4. The second-order valence-corrected chi connectivity index (χ2v) is 16.1. The highest BCUT2D eigenvalue weighted by Crippen LogP contribution is 2.52. The van der Waals surface area contributed by atoms with E-state index in [1.807, 2.05) is 41.5 Å². The van der Waals surface area contributed by atoms with Gasteiger partial charge in [0.05, 0.1) is 52.1 Å². The molecule has 0 fully saturated rings. The Morgan fingerprint density at radius 2 is 0.879 bits per heavy atom. The van der Waals surface area contributed by atoms with Crippen LogP contribution < -0.4 is 28.4 Å². The van der Waals surface area contributed by atoms with Crippen molar-refractivity contribution in [1.82, 2.24) is 0 Å². The molecule has 300 valence electrons. The predicted molar refractivity (Wildman–Crippen MR) is 212 cm³/mol. The number of fused-ring (bicyclic) bond motifs is 4. The van der Waals surface area contributed by atoms with Crippen molar-refractivity contribution in [1.29, 1.82) is 0 Å². The summed E-state index contributed by atoms with van der Waals surface area (Å²) in [6.07, 6.45) is 1.98. The van der Waals surface area contributed by atoms with Gasteiger partial charge in [-0.2, -0.15) is 0 Å². The summed E-state index contributed by atoms with van der Waals surface area (Å²) in [6.45, 7) is 11.6. The first-order valence-electron chi connectivity index (χ1n) is 18.5. The van der Waals surface area contributed by atoms with Gasteiger partial charge in [-0.05, 0) is 47.2 Å². The van der Waals surface area contributed by atoms with Crippen molar-refractivity contribution in [3.05, 3.63) is 82.7 Å². The van der Waals surface area contributed by atoms with Crippen LogP contribution in [0.25, 0.3) is 43.8 Å². The Labute approximate surface area is 333 Å². The first kappa shape index (κ1) is 38.3. The van der Waals surface area contributed by atoms with Crippen molar-refractivity contribution in [3.63, 3.8) is 0 Å². The monoisotopic (exact) mass is 790 g/mol. The van der Waals surface area contributed by atoms with Gasteiger partial charge >= 0.3 is 18.1 Å². The van der Waals surface area contributed by atoms with Crippen LogP contribution in [0.5, 0.6) is 34.5 Å². The van der Waals surface area contributed by atoms with E-state index in [-0.39, 0.29) is 35.8 Å².